The van der Waals surface area contributed by atoms with Gasteiger partial charge in [-0.05, 0) is 24.3 Å². The van der Waals surface area contributed by atoms with Crippen molar-refractivity contribution < 1.29 is 23.0 Å². The molecule has 5 heteroatoms. The predicted molar refractivity (Wildman–Crippen MR) is 70.9 cm³/mol. The lowest BCUT2D eigenvalue weighted by atomic mass is 10.0. The number of hydrogen-bond acceptors (Lipinski definition) is 3. The summed E-state index contributed by atoms with van der Waals surface area (Å²) in [7, 11) is 0. The van der Waals surface area contributed by atoms with Crippen LogP contribution in [0, 0.1) is 11.6 Å². The number of halogens is 2. The van der Waals surface area contributed by atoms with Gasteiger partial charge >= 0.3 is 0 Å². The van der Waals surface area contributed by atoms with Gasteiger partial charge in [0, 0.05) is 16.7 Å². The van der Waals surface area contributed by atoms with Gasteiger partial charge in [-0.3, -0.25) is 4.79 Å². The van der Waals surface area contributed by atoms with Crippen LogP contribution < -0.4 is 0 Å². The van der Waals surface area contributed by atoms with E-state index in [-0.39, 0.29) is 11.3 Å². The van der Waals surface area contributed by atoms with Crippen LogP contribution in [0.4, 0.5) is 8.78 Å². The molecule has 3 nitrogen and oxygen atoms in total. The minimum atomic E-state index is -1.04. The molecule has 1 aliphatic heterocycles. The van der Waals surface area contributed by atoms with Crippen LogP contribution in [0.3, 0.4) is 0 Å². The van der Waals surface area contributed by atoms with Gasteiger partial charge in [-0.15, -0.1) is 0 Å². The zero-order valence-electron chi connectivity index (χ0n) is 11.0. The summed E-state index contributed by atoms with van der Waals surface area (Å²) in [5.74, 6) is -2.40. The summed E-state index contributed by atoms with van der Waals surface area (Å²) in [5.41, 5.74) is 1.19. The number of hydrogen-bond donors (Lipinski definition) is 0. The molecule has 108 valence electrons. The molecule has 2 aromatic rings. The summed E-state index contributed by atoms with van der Waals surface area (Å²) >= 11 is 0. The zero-order chi connectivity index (χ0) is 14.8. The number of ether oxygens (including phenoxy) is 2. The quantitative estimate of drug-likeness (QED) is 0.814. The average Bonchev–Trinajstić information content (AvgIpc) is 3.04. The van der Waals surface area contributed by atoms with Gasteiger partial charge in [0.15, 0.2) is 23.7 Å². The number of benzene rings is 2. The molecule has 0 N–H and O–H groups in total. The molecular formula is C16H12F2O3. The molecule has 0 unspecified atom stereocenters. The van der Waals surface area contributed by atoms with Crippen molar-refractivity contribution in [3.8, 4) is 0 Å². The van der Waals surface area contributed by atoms with Gasteiger partial charge in [0.1, 0.15) is 0 Å². The maximum atomic E-state index is 13.2. The van der Waals surface area contributed by atoms with Crippen LogP contribution in [0.2, 0.25) is 0 Å². The lowest BCUT2D eigenvalue weighted by Gasteiger charge is -2.10. The second-order valence-electron chi connectivity index (χ2n) is 4.66. The molecule has 1 aliphatic rings. The van der Waals surface area contributed by atoms with Gasteiger partial charge in [0.05, 0.1) is 13.2 Å². The molecule has 0 aromatic heterocycles. The van der Waals surface area contributed by atoms with Gasteiger partial charge in [-0.1, -0.05) is 18.2 Å². The maximum Gasteiger partial charge on any atom is 0.193 e. The fraction of sp³-hybridized carbons (Fsp3) is 0.188. The summed E-state index contributed by atoms with van der Waals surface area (Å²) < 4.78 is 36.9. The fourth-order valence-corrected chi connectivity index (χ4v) is 2.18. The Morgan fingerprint density at radius 2 is 1.67 bits per heavy atom. The third-order valence-corrected chi connectivity index (χ3v) is 3.22. The Balaban J connectivity index is 1.90. The average molecular weight is 290 g/mol. The summed E-state index contributed by atoms with van der Waals surface area (Å²) in [4.78, 5) is 12.3. The first kappa shape index (κ1) is 13.9. The highest BCUT2D eigenvalue weighted by Crippen LogP contribution is 2.24. The highest BCUT2D eigenvalue weighted by molar-refractivity contribution is 6.09. The van der Waals surface area contributed by atoms with E-state index >= 15 is 0 Å². The molecule has 1 saturated heterocycles. The summed E-state index contributed by atoms with van der Waals surface area (Å²) in [6.45, 7) is 1.01. The van der Waals surface area contributed by atoms with Crippen LogP contribution >= 0.6 is 0 Å². The predicted octanol–water partition coefficient (Wildman–Crippen LogP) is 3.24. The maximum absolute atomic E-state index is 13.2. The Hall–Kier alpha value is -2.11. The number of carbonyl (C=O) groups excluding carboxylic acids is 1. The van der Waals surface area contributed by atoms with Crippen molar-refractivity contribution in [1.82, 2.24) is 0 Å². The van der Waals surface area contributed by atoms with Crippen LogP contribution in [-0.2, 0) is 9.47 Å². The minimum absolute atomic E-state index is 0.0966. The van der Waals surface area contributed by atoms with E-state index in [0.717, 1.165) is 17.7 Å². The number of rotatable bonds is 3. The van der Waals surface area contributed by atoms with Gasteiger partial charge < -0.3 is 9.47 Å². The van der Waals surface area contributed by atoms with Crippen LogP contribution in [0.15, 0.2) is 42.5 Å². The van der Waals surface area contributed by atoms with Crippen molar-refractivity contribution in [3.63, 3.8) is 0 Å². The first-order valence-corrected chi connectivity index (χ1v) is 6.48. The van der Waals surface area contributed by atoms with Gasteiger partial charge in [-0.25, -0.2) is 8.78 Å². The Morgan fingerprint density at radius 3 is 2.38 bits per heavy atom. The van der Waals surface area contributed by atoms with Gasteiger partial charge in [-0.2, -0.15) is 0 Å². The third-order valence-electron chi connectivity index (χ3n) is 3.22. The highest BCUT2D eigenvalue weighted by atomic mass is 19.2. The molecule has 0 amide bonds. The van der Waals surface area contributed by atoms with Crippen molar-refractivity contribution >= 4 is 5.78 Å². The van der Waals surface area contributed by atoms with Crippen LogP contribution in [-0.4, -0.2) is 19.0 Å². The molecule has 3 rings (SSSR count). The Morgan fingerprint density at radius 1 is 0.952 bits per heavy atom. The van der Waals surface area contributed by atoms with Gasteiger partial charge in [0.2, 0.25) is 0 Å². The third kappa shape index (κ3) is 2.84. The van der Waals surface area contributed by atoms with E-state index in [1.807, 2.05) is 0 Å². The first-order valence-electron chi connectivity index (χ1n) is 6.48. The highest BCUT2D eigenvalue weighted by Gasteiger charge is 2.20. The van der Waals surface area contributed by atoms with E-state index in [0.29, 0.717) is 18.8 Å². The SMILES string of the molecule is O=C(c1cccc(C2OCCO2)c1)c1ccc(F)c(F)c1. The molecule has 0 bridgehead atoms. The van der Waals surface area contributed by atoms with E-state index in [4.69, 9.17) is 9.47 Å². The second-order valence-corrected chi connectivity index (χ2v) is 4.66. The summed E-state index contributed by atoms with van der Waals surface area (Å²) in [5, 5.41) is 0. The van der Waals surface area contributed by atoms with Crippen molar-refractivity contribution in [2.45, 2.75) is 6.29 Å². The molecule has 2 aromatic carbocycles. The molecule has 0 radical (unpaired) electrons. The van der Waals surface area contributed by atoms with Crippen molar-refractivity contribution in [2.24, 2.45) is 0 Å². The molecular weight excluding hydrogens is 278 g/mol. The molecule has 0 saturated carbocycles. The standard InChI is InChI=1S/C16H12F2O3/c17-13-5-4-11(9-14(13)18)15(19)10-2-1-3-12(8-10)16-20-6-7-21-16/h1-5,8-9,16H,6-7H2. The molecule has 0 atom stereocenters. The Bertz CT molecular complexity index is 679. The number of ketones is 1. The molecule has 21 heavy (non-hydrogen) atoms. The zero-order valence-corrected chi connectivity index (χ0v) is 11.0. The number of carbonyl (C=O) groups is 1. The minimum Gasteiger partial charge on any atom is -0.346 e. The molecule has 1 fully saturated rings. The smallest absolute Gasteiger partial charge is 0.193 e. The topological polar surface area (TPSA) is 35.5 Å². The van der Waals surface area contributed by atoms with Crippen molar-refractivity contribution in [2.75, 3.05) is 13.2 Å². The van der Waals surface area contributed by atoms with Crippen molar-refractivity contribution in [3.05, 3.63) is 70.8 Å². The van der Waals surface area contributed by atoms with Gasteiger partial charge in [0.25, 0.3) is 0 Å². The van der Waals surface area contributed by atoms with Crippen LogP contribution in [0.1, 0.15) is 27.8 Å². The lowest BCUT2D eigenvalue weighted by Crippen LogP contribution is -2.05. The normalized spacial score (nSPS) is 15.3. The van der Waals surface area contributed by atoms with Crippen molar-refractivity contribution in [1.29, 1.82) is 0 Å². The molecule has 0 aliphatic carbocycles. The Kier molecular flexibility index (Phi) is 3.77. The van der Waals surface area contributed by atoms with E-state index in [2.05, 4.69) is 0 Å². The Labute approximate surface area is 120 Å². The lowest BCUT2D eigenvalue weighted by molar-refractivity contribution is -0.0441. The van der Waals surface area contributed by atoms with E-state index < -0.39 is 17.9 Å². The summed E-state index contributed by atoms with van der Waals surface area (Å²) in [6, 6.07) is 9.84. The molecule has 1 heterocycles. The monoisotopic (exact) mass is 290 g/mol. The van der Waals surface area contributed by atoms with E-state index in [1.54, 1.807) is 24.3 Å². The van der Waals surface area contributed by atoms with E-state index in [9.17, 15) is 13.6 Å². The van der Waals surface area contributed by atoms with Crippen LogP contribution in [0.5, 0.6) is 0 Å². The molecule has 0 spiro atoms. The van der Waals surface area contributed by atoms with E-state index in [1.165, 1.54) is 6.07 Å². The largest absolute Gasteiger partial charge is 0.346 e. The first-order chi connectivity index (χ1) is 10.1. The summed E-state index contributed by atoms with van der Waals surface area (Å²) in [6.07, 6.45) is -0.484. The fourth-order valence-electron chi connectivity index (χ4n) is 2.18. The second kappa shape index (κ2) is 5.71. The van der Waals surface area contributed by atoms with Crippen LogP contribution in [0.25, 0.3) is 0 Å².